The lowest BCUT2D eigenvalue weighted by atomic mass is 10.1. The summed E-state index contributed by atoms with van der Waals surface area (Å²) in [7, 11) is 0. The van der Waals surface area contributed by atoms with Gasteiger partial charge in [-0.05, 0) is 24.6 Å². The van der Waals surface area contributed by atoms with Gasteiger partial charge in [-0.2, -0.15) is 0 Å². The van der Waals surface area contributed by atoms with Crippen LogP contribution in [0.4, 0.5) is 0 Å². The Morgan fingerprint density at radius 2 is 1.83 bits per heavy atom. The van der Waals surface area contributed by atoms with E-state index in [9.17, 15) is 9.90 Å². The molecule has 7 heteroatoms. The minimum absolute atomic E-state index is 0.0484. The maximum Gasteiger partial charge on any atom is 0.262 e. The molecule has 0 saturated carbocycles. The molecule has 1 aliphatic rings. The molecule has 3 aromatic rings. The fourth-order valence-corrected chi connectivity index (χ4v) is 4.88. The van der Waals surface area contributed by atoms with Crippen molar-refractivity contribution < 1.29 is 14.7 Å². The summed E-state index contributed by atoms with van der Waals surface area (Å²) >= 11 is 1.45. The van der Waals surface area contributed by atoms with Crippen LogP contribution in [-0.4, -0.2) is 59.4 Å². The van der Waals surface area contributed by atoms with Gasteiger partial charge in [0, 0.05) is 5.75 Å². The molecule has 6 nitrogen and oxygen atoms in total. The molecule has 158 valence electrons. The first kappa shape index (κ1) is 21.1. The van der Waals surface area contributed by atoms with E-state index < -0.39 is 6.10 Å². The third-order valence-corrected chi connectivity index (χ3v) is 6.67. The van der Waals surface area contributed by atoms with Crippen LogP contribution in [0.2, 0.25) is 0 Å². The summed E-state index contributed by atoms with van der Waals surface area (Å²) in [6, 6.07) is 17.3. The SMILES string of the molecule is C[C@@H](c1ccccc1)n1c(SC[C@@H](O)C[NH+]2CCOCC2)nc2ccccc2c1=O. The second kappa shape index (κ2) is 9.75. The van der Waals surface area contributed by atoms with E-state index in [-0.39, 0.29) is 11.6 Å². The number of aromatic nitrogens is 2. The monoisotopic (exact) mass is 426 g/mol. The fraction of sp³-hybridized carbons (Fsp3) is 0.391. The highest BCUT2D eigenvalue weighted by atomic mass is 32.2. The van der Waals surface area contributed by atoms with Gasteiger partial charge in [-0.1, -0.05) is 54.2 Å². The van der Waals surface area contributed by atoms with Crippen molar-refractivity contribution in [2.45, 2.75) is 24.2 Å². The number of thioether (sulfide) groups is 1. The van der Waals surface area contributed by atoms with E-state index in [0.717, 1.165) is 31.9 Å². The van der Waals surface area contributed by atoms with Crippen LogP contribution in [0.3, 0.4) is 0 Å². The van der Waals surface area contributed by atoms with Gasteiger partial charge in [0.15, 0.2) is 5.16 Å². The van der Waals surface area contributed by atoms with Gasteiger partial charge in [0.25, 0.3) is 5.56 Å². The summed E-state index contributed by atoms with van der Waals surface area (Å²) in [6.45, 7) is 6.04. The molecule has 2 N–H and O–H groups in total. The Kier molecular flexibility index (Phi) is 6.84. The standard InChI is InChI=1S/C23H27N3O3S/c1-17(18-7-3-2-4-8-18)26-22(28)20-9-5-6-10-21(20)24-23(26)30-16-19(27)15-25-11-13-29-14-12-25/h2-10,17,19,27H,11-16H2,1H3/p+1/t17-,19-/m0/s1. The van der Waals surface area contributed by atoms with Gasteiger partial charge in [-0.15, -0.1) is 0 Å². The Hall–Kier alpha value is -2.19. The lowest BCUT2D eigenvalue weighted by Gasteiger charge is -2.26. The lowest BCUT2D eigenvalue weighted by molar-refractivity contribution is -0.910. The molecule has 1 aliphatic heterocycles. The predicted molar refractivity (Wildman–Crippen MR) is 119 cm³/mol. The number of aliphatic hydroxyl groups excluding tert-OH is 1. The molecule has 0 unspecified atom stereocenters. The molecule has 0 amide bonds. The molecule has 1 aromatic heterocycles. The Bertz CT molecular complexity index is 1030. The summed E-state index contributed by atoms with van der Waals surface area (Å²) in [5, 5.41) is 11.9. The second-order valence-corrected chi connectivity index (χ2v) is 8.69. The summed E-state index contributed by atoms with van der Waals surface area (Å²) in [5.41, 5.74) is 1.69. The van der Waals surface area contributed by atoms with Crippen LogP contribution in [0.25, 0.3) is 10.9 Å². The number of hydrogen-bond donors (Lipinski definition) is 2. The van der Waals surface area contributed by atoms with Crippen molar-refractivity contribution in [3.8, 4) is 0 Å². The largest absolute Gasteiger partial charge is 0.386 e. The van der Waals surface area contributed by atoms with Crippen LogP contribution in [0.5, 0.6) is 0 Å². The number of ether oxygens (including phenoxy) is 1. The van der Waals surface area contributed by atoms with Gasteiger partial charge >= 0.3 is 0 Å². The number of nitrogens with zero attached hydrogens (tertiary/aromatic N) is 2. The molecule has 2 atom stereocenters. The normalized spacial score (nSPS) is 17.1. The molecule has 4 rings (SSSR count). The van der Waals surface area contributed by atoms with E-state index >= 15 is 0 Å². The zero-order chi connectivity index (χ0) is 20.9. The van der Waals surface area contributed by atoms with Crippen molar-refractivity contribution in [1.29, 1.82) is 0 Å². The molecule has 1 saturated heterocycles. The first-order valence-corrected chi connectivity index (χ1v) is 11.4. The average Bonchev–Trinajstić information content (AvgIpc) is 2.79. The quantitative estimate of drug-likeness (QED) is 0.441. The molecule has 0 spiro atoms. The van der Waals surface area contributed by atoms with Crippen molar-refractivity contribution in [2.24, 2.45) is 0 Å². The zero-order valence-corrected chi connectivity index (χ0v) is 18.0. The van der Waals surface area contributed by atoms with Crippen molar-refractivity contribution >= 4 is 22.7 Å². The molecule has 0 aliphatic carbocycles. The number of morpholine rings is 1. The van der Waals surface area contributed by atoms with E-state index in [1.54, 1.807) is 4.57 Å². The van der Waals surface area contributed by atoms with Crippen molar-refractivity contribution in [2.75, 3.05) is 38.6 Å². The van der Waals surface area contributed by atoms with Gasteiger partial charge in [-0.3, -0.25) is 9.36 Å². The van der Waals surface area contributed by atoms with E-state index in [4.69, 9.17) is 9.72 Å². The summed E-state index contributed by atoms with van der Waals surface area (Å²) < 4.78 is 7.15. The van der Waals surface area contributed by atoms with Gasteiger partial charge in [0.2, 0.25) is 0 Å². The van der Waals surface area contributed by atoms with Crippen LogP contribution in [-0.2, 0) is 4.74 Å². The second-order valence-electron chi connectivity index (χ2n) is 7.70. The molecular formula is C23H28N3O3S+. The summed E-state index contributed by atoms with van der Waals surface area (Å²) in [6.07, 6.45) is -0.466. The Morgan fingerprint density at radius 3 is 2.60 bits per heavy atom. The predicted octanol–water partition coefficient (Wildman–Crippen LogP) is 1.37. The number of quaternary nitrogens is 1. The maximum absolute atomic E-state index is 13.4. The number of para-hydroxylation sites is 1. The van der Waals surface area contributed by atoms with Crippen LogP contribution in [0.1, 0.15) is 18.5 Å². The van der Waals surface area contributed by atoms with E-state index in [1.165, 1.54) is 16.7 Å². The van der Waals surface area contributed by atoms with E-state index in [1.807, 2.05) is 61.5 Å². The molecule has 2 aromatic carbocycles. The number of nitrogens with one attached hydrogen (secondary N) is 1. The van der Waals surface area contributed by atoms with Gasteiger partial charge in [-0.25, -0.2) is 4.98 Å². The average molecular weight is 427 g/mol. The third-order valence-electron chi connectivity index (χ3n) is 5.57. The van der Waals surface area contributed by atoms with Crippen LogP contribution in [0.15, 0.2) is 64.5 Å². The minimum atomic E-state index is -0.466. The Morgan fingerprint density at radius 1 is 1.13 bits per heavy atom. The van der Waals surface area contributed by atoms with Gasteiger partial charge < -0.3 is 14.7 Å². The van der Waals surface area contributed by atoms with Crippen LogP contribution < -0.4 is 10.5 Å². The van der Waals surface area contributed by atoms with Crippen LogP contribution in [0, 0.1) is 0 Å². The van der Waals surface area contributed by atoms with Gasteiger partial charge in [0.05, 0.1) is 30.2 Å². The molecule has 2 heterocycles. The van der Waals surface area contributed by atoms with Crippen molar-refractivity contribution in [3.05, 3.63) is 70.5 Å². The van der Waals surface area contributed by atoms with E-state index in [0.29, 0.717) is 28.4 Å². The first-order chi connectivity index (χ1) is 14.6. The number of fused-ring (bicyclic) bond motifs is 1. The lowest BCUT2D eigenvalue weighted by Crippen LogP contribution is -3.15. The Labute approximate surface area is 180 Å². The Balaban J connectivity index is 1.61. The molecule has 0 radical (unpaired) electrons. The number of aliphatic hydroxyl groups is 1. The smallest absolute Gasteiger partial charge is 0.262 e. The molecule has 30 heavy (non-hydrogen) atoms. The number of benzene rings is 2. The van der Waals surface area contributed by atoms with Crippen molar-refractivity contribution in [1.82, 2.24) is 9.55 Å². The number of rotatable bonds is 7. The molecule has 1 fully saturated rings. The highest BCUT2D eigenvalue weighted by Crippen LogP contribution is 2.25. The maximum atomic E-state index is 13.4. The fourth-order valence-electron chi connectivity index (χ4n) is 3.88. The zero-order valence-electron chi connectivity index (χ0n) is 17.2. The van der Waals surface area contributed by atoms with Gasteiger partial charge in [0.1, 0.15) is 25.7 Å². The molecular weight excluding hydrogens is 398 g/mol. The summed E-state index contributed by atoms with van der Waals surface area (Å²) in [5.74, 6) is 0.497. The number of hydrogen-bond acceptors (Lipinski definition) is 5. The first-order valence-electron chi connectivity index (χ1n) is 10.4. The topological polar surface area (TPSA) is 68.8 Å². The highest BCUT2D eigenvalue weighted by molar-refractivity contribution is 7.99. The van der Waals surface area contributed by atoms with Crippen LogP contribution >= 0.6 is 11.8 Å². The minimum Gasteiger partial charge on any atom is -0.386 e. The van der Waals surface area contributed by atoms with Crippen molar-refractivity contribution in [3.63, 3.8) is 0 Å². The molecule has 0 bridgehead atoms. The summed E-state index contributed by atoms with van der Waals surface area (Å²) in [4.78, 5) is 19.5. The third kappa shape index (κ3) is 4.75. The van der Waals surface area contributed by atoms with E-state index in [2.05, 4.69) is 0 Å². The highest BCUT2D eigenvalue weighted by Gasteiger charge is 2.21.